The van der Waals surface area contributed by atoms with Crippen LogP contribution in [0.15, 0.2) is 24.3 Å². The molecular formula is C13H17NO3S. The van der Waals surface area contributed by atoms with Crippen LogP contribution in [0.1, 0.15) is 25.3 Å². The van der Waals surface area contributed by atoms with Gasteiger partial charge in [-0.3, -0.25) is 4.72 Å². The summed E-state index contributed by atoms with van der Waals surface area (Å²) < 4.78 is 25.9. The van der Waals surface area contributed by atoms with E-state index in [1.54, 1.807) is 24.3 Å². The smallest absolute Gasteiger partial charge is 0.232 e. The van der Waals surface area contributed by atoms with E-state index >= 15 is 0 Å². The molecular weight excluding hydrogens is 250 g/mol. The Bertz CT molecular complexity index is 541. The third-order valence-electron chi connectivity index (χ3n) is 2.13. The standard InChI is InChI=1S/C13H17NO3S/c1-2-11-18(16,17)14-13-9-4-3-7-12(13)8-5-6-10-15/h3-4,7,9,14-15H,2,6,10-11H2,1H3. The average molecular weight is 267 g/mol. The molecule has 0 aliphatic rings. The fourth-order valence-electron chi connectivity index (χ4n) is 1.38. The second-order valence-corrected chi connectivity index (χ2v) is 5.58. The Morgan fingerprint density at radius 1 is 1.33 bits per heavy atom. The van der Waals surface area contributed by atoms with Gasteiger partial charge in [-0.05, 0) is 18.6 Å². The molecule has 0 heterocycles. The van der Waals surface area contributed by atoms with E-state index in [4.69, 9.17) is 5.11 Å². The summed E-state index contributed by atoms with van der Waals surface area (Å²) in [6.45, 7) is 1.81. The van der Waals surface area contributed by atoms with E-state index in [0.717, 1.165) is 0 Å². The van der Waals surface area contributed by atoms with Crippen LogP contribution in [0.2, 0.25) is 0 Å². The van der Waals surface area contributed by atoms with Crippen LogP contribution < -0.4 is 4.72 Å². The molecule has 0 bridgehead atoms. The van der Waals surface area contributed by atoms with E-state index in [-0.39, 0.29) is 12.4 Å². The van der Waals surface area contributed by atoms with Crippen molar-refractivity contribution in [2.24, 2.45) is 0 Å². The lowest BCUT2D eigenvalue weighted by Crippen LogP contribution is -2.16. The Morgan fingerprint density at radius 2 is 2.06 bits per heavy atom. The zero-order chi connectivity index (χ0) is 13.4. The fourth-order valence-corrected chi connectivity index (χ4v) is 2.53. The summed E-state index contributed by atoms with van der Waals surface area (Å²) >= 11 is 0. The van der Waals surface area contributed by atoms with Crippen LogP contribution in [-0.2, 0) is 10.0 Å². The summed E-state index contributed by atoms with van der Waals surface area (Å²) in [7, 11) is -3.30. The molecule has 0 saturated heterocycles. The molecule has 0 fully saturated rings. The number of aliphatic hydroxyl groups excluding tert-OH is 1. The number of hydrogen-bond donors (Lipinski definition) is 2. The number of nitrogens with one attached hydrogen (secondary N) is 1. The van der Waals surface area contributed by atoms with E-state index in [1.807, 2.05) is 6.92 Å². The maximum Gasteiger partial charge on any atom is 0.232 e. The van der Waals surface area contributed by atoms with Gasteiger partial charge in [0.2, 0.25) is 10.0 Å². The molecule has 0 saturated carbocycles. The highest BCUT2D eigenvalue weighted by Crippen LogP contribution is 2.15. The van der Waals surface area contributed by atoms with Gasteiger partial charge in [0.25, 0.3) is 0 Å². The molecule has 0 spiro atoms. The molecule has 0 atom stereocenters. The zero-order valence-electron chi connectivity index (χ0n) is 10.3. The van der Waals surface area contributed by atoms with E-state index in [0.29, 0.717) is 24.1 Å². The van der Waals surface area contributed by atoms with Gasteiger partial charge in [0.15, 0.2) is 0 Å². The Labute approximate surface area is 108 Å². The van der Waals surface area contributed by atoms with Crippen LogP contribution in [0.5, 0.6) is 0 Å². The van der Waals surface area contributed by atoms with Crippen molar-refractivity contribution in [3.63, 3.8) is 0 Å². The van der Waals surface area contributed by atoms with E-state index in [2.05, 4.69) is 16.6 Å². The van der Waals surface area contributed by atoms with Crippen LogP contribution in [0.25, 0.3) is 0 Å². The minimum atomic E-state index is -3.30. The van der Waals surface area contributed by atoms with Crippen molar-refractivity contribution >= 4 is 15.7 Å². The van der Waals surface area contributed by atoms with Crippen molar-refractivity contribution in [1.29, 1.82) is 0 Å². The SMILES string of the molecule is CCCS(=O)(=O)Nc1ccccc1C#CCCO. The van der Waals surface area contributed by atoms with Crippen LogP contribution >= 0.6 is 0 Å². The number of aliphatic hydroxyl groups is 1. The first-order chi connectivity index (χ1) is 8.59. The molecule has 0 aliphatic carbocycles. The molecule has 0 amide bonds. The van der Waals surface area contributed by atoms with Gasteiger partial charge in [0.05, 0.1) is 18.0 Å². The molecule has 5 heteroatoms. The first kappa shape index (κ1) is 14.6. The van der Waals surface area contributed by atoms with Crippen molar-refractivity contribution < 1.29 is 13.5 Å². The van der Waals surface area contributed by atoms with Gasteiger partial charge in [0, 0.05) is 12.0 Å². The van der Waals surface area contributed by atoms with Crippen LogP contribution in [-0.4, -0.2) is 25.9 Å². The molecule has 1 rings (SSSR count). The summed E-state index contributed by atoms with van der Waals surface area (Å²) in [6, 6.07) is 6.96. The Hall–Kier alpha value is -1.51. The highest BCUT2D eigenvalue weighted by molar-refractivity contribution is 7.92. The van der Waals surface area contributed by atoms with Gasteiger partial charge in [-0.1, -0.05) is 30.9 Å². The minimum Gasteiger partial charge on any atom is -0.395 e. The monoisotopic (exact) mass is 267 g/mol. The average Bonchev–Trinajstić information content (AvgIpc) is 2.31. The lowest BCUT2D eigenvalue weighted by atomic mass is 10.2. The highest BCUT2D eigenvalue weighted by Gasteiger charge is 2.10. The molecule has 0 aliphatic heterocycles. The second kappa shape index (κ2) is 7.04. The van der Waals surface area contributed by atoms with E-state index in [9.17, 15) is 8.42 Å². The van der Waals surface area contributed by atoms with E-state index < -0.39 is 10.0 Å². The maximum absolute atomic E-state index is 11.7. The highest BCUT2D eigenvalue weighted by atomic mass is 32.2. The molecule has 0 radical (unpaired) electrons. The maximum atomic E-state index is 11.7. The summed E-state index contributed by atoms with van der Waals surface area (Å²) in [4.78, 5) is 0. The quantitative estimate of drug-likeness (QED) is 0.796. The van der Waals surface area contributed by atoms with Gasteiger partial charge < -0.3 is 5.11 Å². The number of rotatable bonds is 5. The predicted molar refractivity (Wildman–Crippen MR) is 72.7 cm³/mol. The number of hydrogen-bond acceptors (Lipinski definition) is 3. The van der Waals surface area contributed by atoms with Crippen molar-refractivity contribution in [2.75, 3.05) is 17.1 Å². The zero-order valence-corrected chi connectivity index (χ0v) is 11.1. The topological polar surface area (TPSA) is 66.4 Å². The van der Waals surface area contributed by atoms with Crippen LogP contribution in [0.4, 0.5) is 5.69 Å². The van der Waals surface area contributed by atoms with Crippen LogP contribution in [0.3, 0.4) is 0 Å². The predicted octanol–water partition coefficient (Wildman–Crippen LogP) is 1.57. The van der Waals surface area contributed by atoms with Gasteiger partial charge in [-0.15, -0.1) is 0 Å². The second-order valence-electron chi connectivity index (χ2n) is 3.74. The van der Waals surface area contributed by atoms with Crippen molar-refractivity contribution in [3.8, 4) is 11.8 Å². The number of para-hydroxylation sites is 1. The normalized spacial score (nSPS) is 10.6. The lowest BCUT2D eigenvalue weighted by Gasteiger charge is -2.08. The third kappa shape index (κ3) is 4.78. The molecule has 4 nitrogen and oxygen atoms in total. The van der Waals surface area contributed by atoms with Gasteiger partial charge in [-0.25, -0.2) is 8.42 Å². The molecule has 98 valence electrons. The molecule has 2 N–H and O–H groups in total. The Morgan fingerprint density at radius 3 is 2.72 bits per heavy atom. The van der Waals surface area contributed by atoms with Crippen molar-refractivity contribution in [3.05, 3.63) is 29.8 Å². The van der Waals surface area contributed by atoms with Crippen LogP contribution in [0, 0.1) is 11.8 Å². The first-order valence-electron chi connectivity index (χ1n) is 5.78. The van der Waals surface area contributed by atoms with Gasteiger partial charge >= 0.3 is 0 Å². The minimum absolute atomic E-state index is 0.00325. The summed E-state index contributed by atoms with van der Waals surface area (Å²) in [6.07, 6.45) is 0.934. The van der Waals surface area contributed by atoms with Crippen molar-refractivity contribution in [2.45, 2.75) is 19.8 Å². The summed E-state index contributed by atoms with van der Waals surface area (Å²) in [5, 5.41) is 8.66. The molecule has 0 unspecified atom stereocenters. The van der Waals surface area contributed by atoms with E-state index in [1.165, 1.54) is 0 Å². The third-order valence-corrected chi connectivity index (χ3v) is 3.60. The number of benzene rings is 1. The lowest BCUT2D eigenvalue weighted by molar-refractivity contribution is 0.305. The largest absolute Gasteiger partial charge is 0.395 e. The Balaban J connectivity index is 2.93. The van der Waals surface area contributed by atoms with Crippen molar-refractivity contribution in [1.82, 2.24) is 0 Å². The first-order valence-corrected chi connectivity index (χ1v) is 7.43. The molecule has 18 heavy (non-hydrogen) atoms. The van der Waals surface area contributed by atoms with Gasteiger partial charge in [0.1, 0.15) is 0 Å². The number of anilines is 1. The Kier molecular flexibility index (Phi) is 5.69. The fraction of sp³-hybridized carbons (Fsp3) is 0.385. The molecule has 1 aromatic rings. The summed E-state index contributed by atoms with van der Waals surface area (Å²) in [5.74, 6) is 5.71. The molecule has 1 aromatic carbocycles. The number of sulfonamides is 1. The summed E-state index contributed by atoms with van der Waals surface area (Å²) in [5.41, 5.74) is 1.10. The molecule has 0 aromatic heterocycles. The van der Waals surface area contributed by atoms with Gasteiger partial charge in [-0.2, -0.15) is 0 Å².